The molecule has 0 amide bonds. The molecule has 0 saturated heterocycles. The Hall–Kier alpha value is -1.35. The van der Waals surface area contributed by atoms with Crippen LogP contribution in [0.25, 0.3) is 0 Å². The van der Waals surface area contributed by atoms with Gasteiger partial charge in [0.2, 0.25) is 0 Å². The van der Waals surface area contributed by atoms with Gasteiger partial charge in [0.15, 0.2) is 5.11 Å². The van der Waals surface area contributed by atoms with Gasteiger partial charge in [-0.3, -0.25) is 0 Å². The van der Waals surface area contributed by atoms with Crippen LogP contribution in [-0.2, 0) is 0 Å². The first-order valence-corrected chi connectivity index (χ1v) is 6.80. The maximum Gasteiger partial charge on any atom is 0.173 e. The molecule has 0 bridgehead atoms. The first-order valence-electron chi connectivity index (χ1n) is 6.40. The molecule has 0 atom stereocenters. The van der Waals surface area contributed by atoms with Crippen LogP contribution < -0.4 is 10.2 Å². The van der Waals surface area contributed by atoms with E-state index in [1.54, 1.807) is 0 Å². The van der Waals surface area contributed by atoms with Crippen molar-refractivity contribution in [2.75, 3.05) is 18.0 Å². The Balaban J connectivity index is 2.71. The number of rotatable bonds is 6. The normalized spacial score (nSPS) is 9.89. The van der Waals surface area contributed by atoms with Gasteiger partial charge in [0, 0.05) is 18.8 Å². The van der Waals surface area contributed by atoms with Gasteiger partial charge in [0.1, 0.15) is 0 Å². The van der Waals surface area contributed by atoms with Crippen LogP contribution >= 0.6 is 12.2 Å². The van der Waals surface area contributed by atoms with E-state index >= 15 is 0 Å². The van der Waals surface area contributed by atoms with Crippen molar-refractivity contribution >= 4 is 23.0 Å². The van der Waals surface area contributed by atoms with Crippen LogP contribution in [0, 0.1) is 0 Å². The lowest BCUT2D eigenvalue weighted by Gasteiger charge is -2.26. The molecule has 0 aliphatic carbocycles. The molecule has 1 aromatic rings. The second-order valence-corrected chi connectivity index (χ2v) is 4.84. The molecule has 1 N–H and O–H groups in total. The zero-order chi connectivity index (χ0) is 13.4. The molecule has 1 aromatic carbocycles. The summed E-state index contributed by atoms with van der Waals surface area (Å²) in [5.41, 5.74) is 2.23. The molecular weight excluding hydrogens is 240 g/mol. The van der Waals surface area contributed by atoms with Crippen molar-refractivity contribution in [2.45, 2.75) is 26.7 Å². The van der Waals surface area contributed by atoms with E-state index in [4.69, 9.17) is 12.2 Å². The average molecular weight is 262 g/mol. The van der Waals surface area contributed by atoms with E-state index in [-0.39, 0.29) is 0 Å². The maximum atomic E-state index is 5.46. The monoisotopic (exact) mass is 262 g/mol. The number of para-hydroxylation sites is 1. The number of benzene rings is 1. The number of anilines is 1. The number of nitrogens with one attached hydrogen (secondary N) is 1. The summed E-state index contributed by atoms with van der Waals surface area (Å²) in [5, 5.41) is 4.02. The third kappa shape index (κ3) is 4.88. The van der Waals surface area contributed by atoms with Crippen molar-refractivity contribution in [1.82, 2.24) is 5.32 Å². The third-order valence-electron chi connectivity index (χ3n) is 2.59. The van der Waals surface area contributed by atoms with Crippen molar-refractivity contribution in [3.05, 3.63) is 42.5 Å². The summed E-state index contributed by atoms with van der Waals surface area (Å²) < 4.78 is 0. The van der Waals surface area contributed by atoms with Gasteiger partial charge in [0.25, 0.3) is 0 Å². The van der Waals surface area contributed by atoms with E-state index in [2.05, 4.69) is 35.9 Å². The average Bonchev–Trinajstić information content (AvgIpc) is 2.38. The fourth-order valence-corrected chi connectivity index (χ4v) is 1.86. The molecular formula is C15H22N2S. The molecule has 0 fully saturated rings. The van der Waals surface area contributed by atoms with Gasteiger partial charge < -0.3 is 10.2 Å². The second-order valence-electron chi connectivity index (χ2n) is 4.46. The van der Waals surface area contributed by atoms with Gasteiger partial charge in [-0.25, -0.2) is 0 Å². The van der Waals surface area contributed by atoms with Crippen LogP contribution in [0.4, 0.5) is 5.69 Å². The molecule has 1 rings (SSSR count). The van der Waals surface area contributed by atoms with Crippen molar-refractivity contribution in [2.24, 2.45) is 0 Å². The Kier molecular flexibility index (Phi) is 6.44. The maximum absolute atomic E-state index is 5.46. The highest BCUT2D eigenvalue weighted by Crippen LogP contribution is 2.14. The van der Waals surface area contributed by atoms with Gasteiger partial charge >= 0.3 is 0 Å². The lowest BCUT2D eigenvalue weighted by atomic mass is 10.2. The van der Waals surface area contributed by atoms with E-state index < -0.39 is 0 Å². The van der Waals surface area contributed by atoms with Crippen LogP contribution in [0.1, 0.15) is 26.7 Å². The zero-order valence-electron chi connectivity index (χ0n) is 11.3. The smallest absolute Gasteiger partial charge is 0.173 e. The molecule has 0 saturated carbocycles. The minimum atomic E-state index is 0.730. The molecule has 0 heterocycles. The number of thiocarbonyl (C=S) groups is 1. The lowest BCUT2D eigenvalue weighted by molar-refractivity contribution is 0.786. The van der Waals surface area contributed by atoms with Crippen molar-refractivity contribution in [1.29, 1.82) is 0 Å². The van der Waals surface area contributed by atoms with E-state index in [1.807, 2.05) is 25.1 Å². The Bertz CT molecular complexity index is 387. The molecule has 18 heavy (non-hydrogen) atoms. The summed E-state index contributed by atoms with van der Waals surface area (Å²) in [4.78, 5) is 2.15. The van der Waals surface area contributed by atoms with Crippen LogP contribution in [0.2, 0.25) is 0 Å². The lowest BCUT2D eigenvalue weighted by Crippen LogP contribution is -2.41. The number of hydrogen-bond acceptors (Lipinski definition) is 1. The first-order chi connectivity index (χ1) is 8.65. The number of unbranched alkanes of at least 4 members (excludes halogenated alkanes) is 1. The summed E-state index contributed by atoms with van der Waals surface area (Å²) in [5.74, 6) is 0. The number of nitrogens with zero attached hydrogens (tertiary/aromatic N) is 1. The Morgan fingerprint density at radius 1 is 1.33 bits per heavy atom. The van der Waals surface area contributed by atoms with Crippen molar-refractivity contribution in [3.8, 4) is 0 Å². The zero-order valence-corrected chi connectivity index (χ0v) is 12.1. The molecule has 0 radical (unpaired) electrons. The SMILES string of the molecule is C=C(C)CNC(=S)N(CCCC)c1ccccc1. The Morgan fingerprint density at radius 3 is 2.56 bits per heavy atom. The van der Waals surface area contributed by atoms with E-state index in [0.29, 0.717) is 0 Å². The van der Waals surface area contributed by atoms with Crippen LogP contribution in [0.3, 0.4) is 0 Å². The molecule has 98 valence electrons. The first kappa shape index (κ1) is 14.7. The standard InChI is InChI=1S/C15H22N2S/c1-4-5-11-17(14-9-7-6-8-10-14)15(18)16-12-13(2)3/h6-10H,2,4-5,11-12H2,1,3H3,(H,16,18). The summed E-state index contributed by atoms with van der Waals surface area (Å²) in [7, 11) is 0. The quantitative estimate of drug-likeness (QED) is 0.621. The minimum absolute atomic E-state index is 0.730. The highest BCUT2D eigenvalue weighted by molar-refractivity contribution is 7.80. The minimum Gasteiger partial charge on any atom is -0.359 e. The largest absolute Gasteiger partial charge is 0.359 e. The van der Waals surface area contributed by atoms with Crippen LogP contribution in [0.5, 0.6) is 0 Å². The topological polar surface area (TPSA) is 15.3 Å². The molecule has 0 aliphatic rings. The van der Waals surface area contributed by atoms with Gasteiger partial charge in [-0.05, 0) is 37.7 Å². The predicted molar refractivity (Wildman–Crippen MR) is 84.1 cm³/mol. The van der Waals surface area contributed by atoms with E-state index in [0.717, 1.165) is 42.3 Å². The summed E-state index contributed by atoms with van der Waals surface area (Å²) >= 11 is 5.46. The van der Waals surface area contributed by atoms with Crippen LogP contribution in [0.15, 0.2) is 42.5 Å². The fourth-order valence-electron chi connectivity index (χ4n) is 1.59. The third-order valence-corrected chi connectivity index (χ3v) is 2.95. The Labute approximate surface area is 116 Å². The van der Waals surface area contributed by atoms with Gasteiger partial charge in [0.05, 0.1) is 0 Å². The second kappa shape index (κ2) is 7.88. The Morgan fingerprint density at radius 2 is 2.00 bits per heavy atom. The van der Waals surface area contributed by atoms with Gasteiger partial charge in [-0.15, -0.1) is 0 Å². The van der Waals surface area contributed by atoms with E-state index in [9.17, 15) is 0 Å². The van der Waals surface area contributed by atoms with Crippen molar-refractivity contribution in [3.63, 3.8) is 0 Å². The van der Waals surface area contributed by atoms with Crippen LogP contribution in [-0.4, -0.2) is 18.2 Å². The highest BCUT2D eigenvalue weighted by atomic mass is 32.1. The molecule has 2 nitrogen and oxygen atoms in total. The summed E-state index contributed by atoms with van der Waals surface area (Å²) in [6.45, 7) is 9.74. The molecule has 0 unspecified atom stereocenters. The highest BCUT2D eigenvalue weighted by Gasteiger charge is 2.10. The summed E-state index contributed by atoms with van der Waals surface area (Å²) in [6.07, 6.45) is 2.29. The molecule has 3 heteroatoms. The molecule has 0 aromatic heterocycles. The number of hydrogen-bond donors (Lipinski definition) is 1. The molecule has 0 aliphatic heterocycles. The van der Waals surface area contributed by atoms with Gasteiger partial charge in [-0.2, -0.15) is 0 Å². The van der Waals surface area contributed by atoms with E-state index in [1.165, 1.54) is 0 Å². The fraction of sp³-hybridized carbons (Fsp3) is 0.400. The summed E-state index contributed by atoms with van der Waals surface area (Å²) in [6, 6.07) is 10.3. The van der Waals surface area contributed by atoms with Crippen molar-refractivity contribution < 1.29 is 0 Å². The predicted octanol–water partition coefficient (Wildman–Crippen LogP) is 3.74. The van der Waals surface area contributed by atoms with Gasteiger partial charge in [-0.1, -0.05) is 43.7 Å². The molecule has 0 spiro atoms.